The fraction of sp³-hybridized carbons (Fsp3) is 1.00. The lowest BCUT2D eigenvalue weighted by Crippen LogP contribution is -2.38. The standard InChI is InChI=1S/C10H20Cl2O2Si/c1-4-6-15(11,12)8-10(5-2)13-7-9(3)14-10/h9H,4-8H2,1-3H3. The summed E-state index contributed by atoms with van der Waals surface area (Å²) in [6.45, 7) is 4.63. The number of halogens is 2. The van der Waals surface area contributed by atoms with Crippen LogP contribution in [0.2, 0.25) is 12.1 Å². The van der Waals surface area contributed by atoms with Crippen molar-refractivity contribution in [2.45, 2.75) is 57.6 Å². The summed E-state index contributed by atoms with van der Waals surface area (Å²) < 4.78 is 11.6. The van der Waals surface area contributed by atoms with Crippen LogP contribution >= 0.6 is 22.2 Å². The summed E-state index contributed by atoms with van der Waals surface area (Å²) in [4.78, 5) is 0. The lowest BCUT2D eigenvalue weighted by Gasteiger charge is -2.31. The second-order valence-corrected chi connectivity index (χ2v) is 11.8. The molecule has 0 aliphatic carbocycles. The summed E-state index contributed by atoms with van der Waals surface area (Å²) in [5, 5.41) is 0. The predicted octanol–water partition coefficient (Wildman–Crippen LogP) is 3.86. The van der Waals surface area contributed by atoms with Gasteiger partial charge < -0.3 is 9.47 Å². The van der Waals surface area contributed by atoms with E-state index in [1.807, 2.05) is 6.92 Å². The second kappa shape index (κ2) is 5.37. The van der Waals surface area contributed by atoms with Crippen LogP contribution in [0.4, 0.5) is 0 Å². The normalized spacial score (nSPS) is 32.2. The smallest absolute Gasteiger partial charge is 0.256 e. The maximum atomic E-state index is 6.38. The molecule has 5 heteroatoms. The summed E-state index contributed by atoms with van der Waals surface area (Å²) in [7, 11) is 0. The third-order valence-electron chi connectivity index (χ3n) is 2.68. The molecule has 0 N–H and O–H groups in total. The van der Waals surface area contributed by atoms with Crippen molar-refractivity contribution in [1.82, 2.24) is 0 Å². The molecule has 0 aromatic rings. The summed E-state index contributed by atoms with van der Waals surface area (Å²) in [6, 6.07) is 1.58. The van der Waals surface area contributed by atoms with Crippen LogP contribution in [-0.4, -0.2) is 25.2 Å². The van der Waals surface area contributed by atoms with Crippen LogP contribution in [-0.2, 0) is 9.47 Å². The third-order valence-corrected chi connectivity index (χ3v) is 6.90. The van der Waals surface area contributed by atoms with Gasteiger partial charge in [0.05, 0.1) is 12.7 Å². The predicted molar refractivity (Wildman–Crippen MR) is 66.9 cm³/mol. The molecule has 0 aromatic carbocycles. The Morgan fingerprint density at radius 1 is 1.40 bits per heavy atom. The third kappa shape index (κ3) is 3.90. The molecule has 90 valence electrons. The maximum Gasteiger partial charge on any atom is 0.256 e. The SMILES string of the molecule is CCC[Si](Cl)(Cl)CC1(CC)OCC(C)O1. The average Bonchev–Trinajstić information content (AvgIpc) is 2.47. The minimum Gasteiger partial charge on any atom is -0.347 e. The van der Waals surface area contributed by atoms with Crippen LogP contribution in [0, 0.1) is 0 Å². The summed E-state index contributed by atoms with van der Waals surface area (Å²) in [5.41, 5.74) is 0. The van der Waals surface area contributed by atoms with Crippen molar-refractivity contribution < 1.29 is 9.47 Å². The molecular weight excluding hydrogens is 251 g/mol. The zero-order chi connectivity index (χ0) is 11.5. The minimum absolute atomic E-state index is 0.157. The van der Waals surface area contributed by atoms with E-state index in [0.29, 0.717) is 12.7 Å². The lowest BCUT2D eigenvalue weighted by molar-refractivity contribution is -0.153. The molecule has 1 rings (SSSR count). The first-order valence-corrected chi connectivity index (χ1v) is 10.1. The van der Waals surface area contributed by atoms with Gasteiger partial charge in [0.2, 0.25) is 0 Å². The van der Waals surface area contributed by atoms with Gasteiger partial charge in [0, 0.05) is 6.04 Å². The average molecular weight is 271 g/mol. The largest absolute Gasteiger partial charge is 0.347 e. The Bertz CT molecular complexity index is 214. The lowest BCUT2D eigenvalue weighted by atomic mass is 10.2. The van der Waals surface area contributed by atoms with E-state index in [9.17, 15) is 0 Å². The fourth-order valence-electron chi connectivity index (χ4n) is 1.96. The molecule has 0 bridgehead atoms. The summed E-state index contributed by atoms with van der Waals surface area (Å²) >= 11 is 12.8. The quantitative estimate of drug-likeness (QED) is 0.558. The van der Waals surface area contributed by atoms with E-state index < -0.39 is 12.5 Å². The Kier molecular flexibility index (Phi) is 4.93. The molecule has 1 heterocycles. The van der Waals surface area contributed by atoms with Gasteiger partial charge in [0.15, 0.2) is 5.79 Å². The van der Waals surface area contributed by atoms with Crippen molar-refractivity contribution in [2.75, 3.05) is 6.61 Å². The van der Waals surface area contributed by atoms with Gasteiger partial charge in [0.1, 0.15) is 0 Å². The molecule has 1 fully saturated rings. The molecule has 0 aromatic heterocycles. The van der Waals surface area contributed by atoms with Crippen LogP contribution in [0.1, 0.15) is 33.6 Å². The van der Waals surface area contributed by atoms with Crippen LogP contribution in [0.5, 0.6) is 0 Å². The van der Waals surface area contributed by atoms with Crippen LogP contribution in [0.15, 0.2) is 0 Å². The maximum absolute atomic E-state index is 6.38. The highest BCUT2D eigenvalue weighted by Crippen LogP contribution is 2.40. The van der Waals surface area contributed by atoms with E-state index in [4.69, 9.17) is 31.6 Å². The molecule has 1 aliphatic rings. The van der Waals surface area contributed by atoms with Gasteiger partial charge in [-0.1, -0.05) is 20.3 Å². The van der Waals surface area contributed by atoms with Gasteiger partial charge in [-0.2, -0.15) is 0 Å². The van der Waals surface area contributed by atoms with Crippen molar-refractivity contribution in [3.63, 3.8) is 0 Å². The second-order valence-electron chi connectivity index (χ2n) is 4.29. The Morgan fingerprint density at radius 2 is 2.07 bits per heavy atom. The van der Waals surface area contributed by atoms with E-state index in [0.717, 1.165) is 18.9 Å². The Hall–Kier alpha value is 0.717. The molecule has 0 saturated carbocycles. The monoisotopic (exact) mass is 270 g/mol. The van der Waals surface area contributed by atoms with E-state index in [2.05, 4.69) is 13.8 Å². The van der Waals surface area contributed by atoms with Crippen molar-refractivity contribution in [3.8, 4) is 0 Å². The van der Waals surface area contributed by atoms with Crippen molar-refractivity contribution >= 4 is 28.9 Å². The van der Waals surface area contributed by atoms with Gasteiger partial charge in [-0.15, -0.1) is 22.2 Å². The Labute approximate surface area is 103 Å². The molecule has 1 aliphatic heterocycles. The highest BCUT2D eigenvalue weighted by atomic mass is 35.7. The van der Waals surface area contributed by atoms with Gasteiger partial charge in [0.25, 0.3) is 6.69 Å². The first-order valence-electron chi connectivity index (χ1n) is 5.62. The first-order chi connectivity index (χ1) is 6.93. The molecule has 0 spiro atoms. The topological polar surface area (TPSA) is 18.5 Å². The highest BCUT2D eigenvalue weighted by molar-refractivity contribution is 7.45. The van der Waals surface area contributed by atoms with Gasteiger partial charge in [-0.3, -0.25) is 0 Å². The molecule has 15 heavy (non-hydrogen) atoms. The molecule has 1 saturated heterocycles. The Morgan fingerprint density at radius 3 is 2.47 bits per heavy atom. The zero-order valence-electron chi connectivity index (χ0n) is 9.69. The van der Waals surface area contributed by atoms with Crippen molar-refractivity contribution in [1.29, 1.82) is 0 Å². The van der Waals surface area contributed by atoms with Gasteiger partial charge >= 0.3 is 0 Å². The highest BCUT2D eigenvalue weighted by Gasteiger charge is 2.45. The van der Waals surface area contributed by atoms with Gasteiger partial charge in [-0.05, 0) is 19.4 Å². The summed E-state index contributed by atoms with van der Waals surface area (Å²) in [6.07, 6.45) is 1.99. The van der Waals surface area contributed by atoms with Crippen LogP contribution in [0.25, 0.3) is 0 Å². The van der Waals surface area contributed by atoms with Crippen LogP contribution < -0.4 is 0 Å². The molecule has 2 unspecified atom stereocenters. The van der Waals surface area contributed by atoms with E-state index >= 15 is 0 Å². The molecule has 0 amide bonds. The van der Waals surface area contributed by atoms with Crippen LogP contribution in [0.3, 0.4) is 0 Å². The van der Waals surface area contributed by atoms with Gasteiger partial charge in [-0.25, -0.2) is 0 Å². The number of hydrogen-bond acceptors (Lipinski definition) is 2. The van der Waals surface area contributed by atoms with Crippen molar-refractivity contribution in [2.24, 2.45) is 0 Å². The number of rotatable bonds is 5. The molecule has 0 radical (unpaired) electrons. The summed E-state index contributed by atoms with van der Waals surface area (Å²) in [5.74, 6) is -0.510. The number of ether oxygens (including phenoxy) is 2. The minimum atomic E-state index is -2.20. The number of hydrogen-bond donors (Lipinski definition) is 0. The molecule has 2 atom stereocenters. The zero-order valence-corrected chi connectivity index (χ0v) is 12.2. The van der Waals surface area contributed by atoms with Crippen molar-refractivity contribution in [3.05, 3.63) is 0 Å². The van der Waals surface area contributed by atoms with E-state index in [-0.39, 0.29) is 6.10 Å². The fourth-order valence-corrected chi connectivity index (χ4v) is 6.44. The van der Waals surface area contributed by atoms with E-state index in [1.54, 1.807) is 0 Å². The molecular formula is C10H20Cl2O2Si. The first kappa shape index (κ1) is 13.8. The Balaban J connectivity index is 2.60. The van der Waals surface area contributed by atoms with E-state index in [1.165, 1.54) is 0 Å². The molecule has 2 nitrogen and oxygen atoms in total.